The largest absolute Gasteiger partial charge is 0.469 e. The topological polar surface area (TPSA) is 30.2 Å². The Morgan fingerprint density at radius 2 is 1.89 bits per heavy atom. The molecule has 0 aliphatic heterocycles. The Hall–Kier alpha value is -2.04. The van der Waals surface area contributed by atoms with Gasteiger partial charge in [0.2, 0.25) is 0 Å². The number of rotatable bonds is 4. The van der Waals surface area contributed by atoms with Crippen LogP contribution in [0.3, 0.4) is 0 Å². The standard InChI is InChI=1S/C14H11F3O2/c15-14(16,17)11-4-1-3-10(7-11)8-12(18)9-13-5-2-6-19-13/h1-7H,8-9H2. The minimum atomic E-state index is -4.39. The summed E-state index contributed by atoms with van der Waals surface area (Å²) in [6.07, 6.45) is -2.89. The van der Waals surface area contributed by atoms with Gasteiger partial charge >= 0.3 is 6.18 Å². The van der Waals surface area contributed by atoms with Crippen LogP contribution in [-0.4, -0.2) is 5.78 Å². The highest BCUT2D eigenvalue weighted by Gasteiger charge is 2.30. The number of hydrogen-bond donors (Lipinski definition) is 0. The molecule has 1 heterocycles. The highest BCUT2D eigenvalue weighted by molar-refractivity contribution is 5.82. The van der Waals surface area contributed by atoms with Crippen molar-refractivity contribution in [2.75, 3.05) is 0 Å². The molecule has 0 bridgehead atoms. The van der Waals surface area contributed by atoms with Gasteiger partial charge in [-0.1, -0.05) is 18.2 Å². The molecule has 1 aromatic heterocycles. The molecule has 0 amide bonds. The average Bonchev–Trinajstić information content (AvgIpc) is 2.80. The molecule has 0 atom stereocenters. The molecule has 1 aromatic carbocycles. The third-order valence-electron chi connectivity index (χ3n) is 2.61. The first-order chi connectivity index (χ1) is 8.95. The van der Waals surface area contributed by atoms with Crippen LogP contribution in [0, 0.1) is 0 Å². The smallest absolute Gasteiger partial charge is 0.416 e. The van der Waals surface area contributed by atoms with Crippen LogP contribution in [-0.2, 0) is 23.8 Å². The van der Waals surface area contributed by atoms with Gasteiger partial charge in [-0.15, -0.1) is 0 Å². The number of carbonyl (C=O) groups is 1. The van der Waals surface area contributed by atoms with Crippen molar-refractivity contribution in [2.45, 2.75) is 19.0 Å². The maximum atomic E-state index is 12.5. The zero-order chi connectivity index (χ0) is 13.9. The summed E-state index contributed by atoms with van der Waals surface area (Å²) in [7, 11) is 0. The molecule has 0 unspecified atom stereocenters. The Bertz CT molecular complexity index is 556. The van der Waals surface area contributed by atoms with Gasteiger partial charge in [0.1, 0.15) is 11.5 Å². The highest BCUT2D eigenvalue weighted by atomic mass is 19.4. The third-order valence-corrected chi connectivity index (χ3v) is 2.61. The van der Waals surface area contributed by atoms with Crippen LogP contribution in [0.1, 0.15) is 16.9 Å². The minimum absolute atomic E-state index is 0.0371. The number of benzene rings is 1. The number of halogens is 3. The lowest BCUT2D eigenvalue weighted by Gasteiger charge is -2.08. The van der Waals surface area contributed by atoms with Gasteiger partial charge in [0.15, 0.2) is 0 Å². The van der Waals surface area contributed by atoms with Crippen molar-refractivity contribution >= 4 is 5.78 Å². The van der Waals surface area contributed by atoms with Gasteiger partial charge in [0.05, 0.1) is 18.2 Å². The maximum absolute atomic E-state index is 12.5. The van der Waals surface area contributed by atoms with E-state index in [1.54, 1.807) is 12.1 Å². The fourth-order valence-electron chi connectivity index (χ4n) is 1.76. The first-order valence-corrected chi connectivity index (χ1v) is 5.65. The van der Waals surface area contributed by atoms with E-state index in [1.165, 1.54) is 18.4 Å². The Labute approximate surface area is 107 Å². The van der Waals surface area contributed by atoms with Crippen molar-refractivity contribution in [3.8, 4) is 0 Å². The molecule has 2 rings (SSSR count). The maximum Gasteiger partial charge on any atom is 0.416 e. The Balaban J connectivity index is 2.05. The number of alkyl halides is 3. The lowest BCUT2D eigenvalue weighted by molar-refractivity contribution is -0.137. The van der Waals surface area contributed by atoms with E-state index in [1.807, 2.05) is 0 Å². The Kier molecular flexibility index (Phi) is 3.74. The summed E-state index contributed by atoms with van der Waals surface area (Å²) in [4.78, 5) is 11.7. The number of carbonyl (C=O) groups excluding carboxylic acids is 1. The molecule has 2 aromatic rings. The lowest BCUT2D eigenvalue weighted by atomic mass is 10.0. The lowest BCUT2D eigenvalue weighted by Crippen LogP contribution is -2.09. The van der Waals surface area contributed by atoms with Crippen molar-refractivity contribution in [1.29, 1.82) is 0 Å². The first kappa shape index (κ1) is 13.4. The number of Topliss-reactive ketones (excluding diaryl/α,β-unsaturated/α-hetero) is 1. The summed E-state index contributed by atoms with van der Waals surface area (Å²) in [5.41, 5.74) is -0.387. The summed E-state index contributed by atoms with van der Waals surface area (Å²) < 4.78 is 42.6. The van der Waals surface area contributed by atoms with Gasteiger partial charge < -0.3 is 4.42 Å². The third kappa shape index (κ3) is 3.71. The molecule has 0 N–H and O–H groups in total. The second kappa shape index (κ2) is 5.30. The summed E-state index contributed by atoms with van der Waals surface area (Å²) in [5, 5.41) is 0. The molecule has 0 saturated carbocycles. The van der Waals surface area contributed by atoms with Crippen molar-refractivity contribution in [3.63, 3.8) is 0 Å². The summed E-state index contributed by atoms with van der Waals surface area (Å²) in [5.74, 6) is 0.325. The van der Waals surface area contributed by atoms with Crippen LogP contribution in [0.4, 0.5) is 13.2 Å². The fourth-order valence-corrected chi connectivity index (χ4v) is 1.76. The predicted octanol–water partition coefficient (Wildman–Crippen LogP) is 3.65. The quantitative estimate of drug-likeness (QED) is 0.847. The fraction of sp³-hybridized carbons (Fsp3) is 0.214. The molecule has 0 aliphatic carbocycles. The average molecular weight is 268 g/mol. The van der Waals surface area contributed by atoms with Crippen LogP contribution in [0.25, 0.3) is 0 Å². The number of hydrogen-bond acceptors (Lipinski definition) is 2. The van der Waals surface area contributed by atoms with E-state index >= 15 is 0 Å². The van der Waals surface area contributed by atoms with Gasteiger partial charge in [-0.05, 0) is 23.8 Å². The predicted molar refractivity (Wildman–Crippen MR) is 62.6 cm³/mol. The van der Waals surface area contributed by atoms with Gasteiger partial charge in [0, 0.05) is 6.42 Å². The summed E-state index contributed by atoms with van der Waals surface area (Å²) >= 11 is 0. The van der Waals surface area contributed by atoms with Crippen LogP contribution in [0.2, 0.25) is 0 Å². The molecular formula is C14H11F3O2. The van der Waals surface area contributed by atoms with Crippen molar-refractivity contribution in [1.82, 2.24) is 0 Å². The van der Waals surface area contributed by atoms with Gasteiger partial charge in [-0.3, -0.25) is 4.79 Å². The molecule has 0 saturated heterocycles. The normalized spacial score (nSPS) is 11.5. The van der Waals surface area contributed by atoms with Crippen LogP contribution in [0.5, 0.6) is 0 Å². The van der Waals surface area contributed by atoms with Crippen molar-refractivity contribution < 1.29 is 22.4 Å². The zero-order valence-electron chi connectivity index (χ0n) is 9.91. The van der Waals surface area contributed by atoms with E-state index < -0.39 is 11.7 Å². The molecule has 100 valence electrons. The van der Waals surface area contributed by atoms with Crippen LogP contribution in [0.15, 0.2) is 47.1 Å². The number of ketones is 1. The van der Waals surface area contributed by atoms with Gasteiger partial charge in [0.25, 0.3) is 0 Å². The van der Waals surface area contributed by atoms with Gasteiger partial charge in [-0.25, -0.2) is 0 Å². The van der Waals surface area contributed by atoms with E-state index in [9.17, 15) is 18.0 Å². The Morgan fingerprint density at radius 1 is 1.11 bits per heavy atom. The van der Waals surface area contributed by atoms with Crippen LogP contribution >= 0.6 is 0 Å². The second-order valence-electron chi connectivity index (χ2n) is 4.17. The minimum Gasteiger partial charge on any atom is -0.469 e. The number of furan rings is 1. The summed E-state index contributed by atoms with van der Waals surface area (Å²) in [6, 6.07) is 8.12. The zero-order valence-corrected chi connectivity index (χ0v) is 9.91. The first-order valence-electron chi connectivity index (χ1n) is 5.65. The highest BCUT2D eigenvalue weighted by Crippen LogP contribution is 2.29. The van der Waals surface area contributed by atoms with Crippen LogP contribution < -0.4 is 0 Å². The molecule has 0 aliphatic rings. The molecule has 0 radical (unpaired) electrons. The van der Waals surface area contributed by atoms with E-state index in [4.69, 9.17) is 4.42 Å². The van der Waals surface area contributed by atoms with Gasteiger partial charge in [-0.2, -0.15) is 13.2 Å². The Morgan fingerprint density at radius 3 is 2.53 bits per heavy atom. The molecule has 0 spiro atoms. The van der Waals surface area contributed by atoms with E-state index in [0.717, 1.165) is 12.1 Å². The molecule has 0 fully saturated rings. The SMILES string of the molecule is O=C(Cc1cccc(C(F)(F)F)c1)Cc1ccco1. The van der Waals surface area contributed by atoms with E-state index in [-0.39, 0.29) is 18.6 Å². The van der Waals surface area contributed by atoms with Crippen molar-refractivity contribution in [3.05, 3.63) is 59.5 Å². The monoisotopic (exact) mass is 268 g/mol. The molecule has 19 heavy (non-hydrogen) atoms. The second-order valence-corrected chi connectivity index (χ2v) is 4.17. The summed E-state index contributed by atoms with van der Waals surface area (Å²) in [6.45, 7) is 0. The molecular weight excluding hydrogens is 257 g/mol. The molecule has 5 heteroatoms. The van der Waals surface area contributed by atoms with Crippen molar-refractivity contribution in [2.24, 2.45) is 0 Å². The molecule has 2 nitrogen and oxygen atoms in total. The van der Waals surface area contributed by atoms with E-state index in [2.05, 4.69) is 0 Å². The van der Waals surface area contributed by atoms with E-state index in [0.29, 0.717) is 11.3 Å².